The minimum atomic E-state index is -1.12. The molecule has 1 amide bonds. The van der Waals surface area contributed by atoms with Crippen LogP contribution in [0.3, 0.4) is 0 Å². The normalized spacial score (nSPS) is 17.1. The topological polar surface area (TPSA) is 122 Å². The van der Waals surface area contributed by atoms with Crippen molar-refractivity contribution >= 4 is 29.3 Å². The molecule has 1 saturated carbocycles. The second-order valence-corrected chi connectivity index (χ2v) is 11.2. The van der Waals surface area contributed by atoms with E-state index >= 15 is 0 Å². The molecule has 1 fully saturated rings. The molecular formula is C28H40ClFN6O4. The zero-order valence-electron chi connectivity index (χ0n) is 23.3. The van der Waals surface area contributed by atoms with Crippen LogP contribution in [0, 0.1) is 6.92 Å². The average Bonchev–Trinajstić information content (AvgIpc) is 3.68. The number of carboxylic acids is 1. The molecule has 40 heavy (non-hydrogen) atoms. The highest BCUT2D eigenvalue weighted by atomic mass is 35.5. The van der Waals surface area contributed by atoms with Gasteiger partial charge in [0.2, 0.25) is 5.91 Å². The third-order valence-corrected chi connectivity index (χ3v) is 8.02. The molecule has 4 rings (SSSR count). The van der Waals surface area contributed by atoms with E-state index in [-0.39, 0.29) is 6.42 Å². The summed E-state index contributed by atoms with van der Waals surface area (Å²) < 4.78 is 20.2. The lowest BCUT2D eigenvalue weighted by Gasteiger charge is -2.27. The molecule has 2 aromatic heterocycles. The van der Waals surface area contributed by atoms with Crippen molar-refractivity contribution in [3.8, 4) is 0 Å². The third kappa shape index (κ3) is 7.50. The summed E-state index contributed by atoms with van der Waals surface area (Å²) in [5.41, 5.74) is 2.03. The zero-order chi connectivity index (χ0) is 28.7. The van der Waals surface area contributed by atoms with Crippen LogP contribution in [0.15, 0.2) is 18.2 Å². The van der Waals surface area contributed by atoms with Gasteiger partial charge in [-0.05, 0) is 82.5 Å². The maximum absolute atomic E-state index is 13.5. The molecule has 2 aromatic rings. The summed E-state index contributed by atoms with van der Waals surface area (Å²) in [7, 11) is 1.47. The highest BCUT2D eigenvalue weighted by Crippen LogP contribution is 2.45. The highest BCUT2D eigenvalue weighted by Gasteiger charge is 2.54. The van der Waals surface area contributed by atoms with Crippen molar-refractivity contribution in [2.45, 2.75) is 76.0 Å². The van der Waals surface area contributed by atoms with Crippen molar-refractivity contribution in [3.05, 3.63) is 40.3 Å². The molecule has 2 atom stereocenters. The maximum atomic E-state index is 13.5. The molecule has 12 heteroatoms. The van der Waals surface area contributed by atoms with E-state index in [0.717, 1.165) is 50.2 Å². The number of fused-ring (bicyclic) bond motifs is 1. The van der Waals surface area contributed by atoms with Gasteiger partial charge in [-0.25, -0.2) is 18.9 Å². The van der Waals surface area contributed by atoms with Gasteiger partial charge in [-0.2, -0.15) is 5.10 Å². The van der Waals surface area contributed by atoms with Gasteiger partial charge in [-0.3, -0.25) is 4.79 Å². The largest absolute Gasteiger partial charge is 0.480 e. The average molecular weight is 579 g/mol. The molecule has 220 valence electrons. The maximum Gasteiger partial charge on any atom is 0.326 e. The van der Waals surface area contributed by atoms with E-state index in [9.17, 15) is 19.1 Å². The Balaban J connectivity index is 1.31. The SMILES string of the molecule is CO[C@H](CF)CN(CCCCc1ccc2c(n1)NCCC2)CC[C@H](NC(=O)C1(n2nc(C)cc2Cl)CC1)C(=O)O. The van der Waals surface area contributed by atoms with Crippen LogP contribution in [-0.4, -0.2) is 88.8 Å². The van der Waals surface area contributed by atoms with E-state index in [1.165, 1.54) is 17.4 Å². The number of carbonyl (C=O) groups excluding carboxylic acids is 1. The van der Waals surface area contributed by atoms with Gasteiger partial charge < -0.3 is 25.4 Å². The molecular weight excluding hydrogens is 539 g/mol. The highest BCUT2D eigenvalue weighted by molar-refractivity contribution is 6.29. The van der Waals surface area contributed by atoms with Gasteiger partial charge in [0.15, 0.2) is 0 Å². The second kappa shape index (κ2) is 13.7. The number of unbranched alkanes of at least 4 members (excludes halogenated alkanes) is 1. The lowest BCUT2D eigenvalue weighted by atomic mass is 10.1. The smallest absolute Gasteiger partial charge is 0.326 e. The fourth-order valence-electron chi connectivity index (χ4n) is 5.20. The number of ether oxygens (including phenoxy) is 1. The monoisotopic (exact) mass is 578 g/mol. The Bertz CT molecular complexity index is 1170. The van der Waals surface area contributed by atoms with Gasteiger partial charge in [0.1, 0.15) is 29.2 Å². The van der Waals surface area contributed by atoms with Gasteiger partial charge in [0, 0.05) is 32.4 Å². The van der Waals surface area contributed by atoms with Crippen molar-refractivity contribution in [1.29, 1.82) is 0 Å². The van der Waals surface area contributed by atoms with E-state index in [0.29, 0.717) is 43.3 Å². The van der Waals surface area contributed by atoms with E-state index in [1.54, 1.807) is 13.0 Å². The molecule has 0 unspecified atom stereocenters. The number of aryl methyl sites for hydroxylation is 3. The number of nitrogens with one attached hydrogen (secondary N) is 2. The molecule has 0 saturated heterocycles. The zero-order valence-corrected chi connectivity index (χ0v) is 24.1. The molecule has 10 nitrogen and oxygen atoms in total. The van der Waals surface area contributed by atoms with Crippen molar-refractivity contribution in [2.75, 3.05) is 45.3 Å². The van der Waals surface area contributed by atoms with Crippen molar-refractivity contribution in [2.24, 2.45) is 0 Å². The Morgan fingerprint density at radius 3 is 2.77 bits per heavy atom. The molecule has 3 heterocycles. The van der Waals surface area contributed by atoms with Gasteiger partial charge in [-0.15, -0.1) is 0 Å². The number of hydrogen-bond donors (Lipinski definition) is 3. The number of amides is 1. The summed E-state index contributed by atoms with van der Waals surface area (Å²) in [6, 6.07) is 4.81. The standard InChI is InChI=1S/C28H40ClFN6O4/c1-19-16-24(29)36(34-19)28(11-12-28)27(39)33-23(26(37)38)10-15-35(18-22(17-30)40-2)14-4-3-7-21-9-8-20-6-5-13-31-25(20)32-21/h8-9,16,22-23H,3-7,10-15,17-18H2,1-2H3,(H,31,32)(H,33,39)(H,37,38)/t22-,23+/m1/s1. The van der Waals surface area contributed by atoms with E-state index in [4.69, 9.17) is 21.3 Å². The number of aromatic nitrogens is 3. The van der Waals surface area contributed by atoms with E-state index in [1.807, 2.05) is 4.90 Å². The first-order valence-electron chi connectivity index (χ1n) is 14.1. The summed E-state index contributed by atoms with van der Waals surface area (Å²) in [4.78, 5) is 32.0. The number of hydrogen-bond acceptors (Lipinski definition) is 7. The van der Waals surface area contributed by atoms with Crippen molar-refractivity contribution < 1.29 is 23.8 Å². The van der Waals surface area contributed by atoms with Gasteiger partial charge in [0.05, 0.1) is 11.8 Å². The summed E-state index contributed by atoms with van der Waals surface area (Å²) in [6.07, 6.45) is 5.37. The molecule has 0 aromatic carbocycles. The fraction of sp³-hybridized carbons (Fsp3) is 0.643. The minimum absolute atomic E-state index is 0.170. The summed E-state index contributed by atoms with van der Waals surface area (Å²) >= 11 is 6.27. The molecule has 2 aliphatic rings. The first-order chi connectivity index (χ1) is 19.3. The van der Waals surface area contributed by atoms with Crippen molar-refractivity contribution in [3.63, 3.8) is 0 Å². The Morgan fingerprint density at radius 1 is 1.32 bits per heavy atom. The number of methoxy groups -OCH3 is 1. The number of alkyl halides is 1. The molecule has 3 N–H and O–H groups in total. The Hall–Kier alpha value is -2.76. The fourth-order valence-corrected chi connectivity index (χ4v) is 5.56. The van der Waals surface area contributed by atoms with Crippen LogP contribution >= 0.6 is 11.6 Å². The van der Waals surface area contributed by atoms with E-state index in [2.05, 4.69) is 27.9 Å². The number of carbonyl (C=O) groups is 2. The number of aliphatic carboxylic acids is 1. The van der Waals surface area contributed by atoms with Crippen LogP contribution in [0.25, 0.3) is 0 Å². The van der Waals surface area contributed by atoms with Crippen LogP contribution < -0.4 is 10.6 Å². The lowest BCUT2D eigenvalue weighted by Crippen LogP contribution is -2.49. The predicted octanol–water partition coefficient (Wildman–Crippen LogP) is 3.36. The predicted molar refractivity (Wildman–Crippen MR) is 151 cm³/mol. The molecule has 1 aliphatic heterocycles. The third-order valence-electron chi connectivity index (χ3n) is 7.75. The van der Waals surface area contributed by atoms with Crippen molar-refractivity contribution in [1.82, 2.24) is 25.0 Å². The number of rotatable bonds is 16. The van der Waals surface area contributed by atoms with Crippen LogP contribution in [0.2, 0.25) is 5.15 Å². The summed E-state index contributed by atoms with van der Waals surface area (Å²) in [5.74, 6) is -0.536. The number of pyridine rings is 1. The number of nitrogens with zero attached hydrogens (tertiary/aromatic N) is 4. The molecule has 0 radical (unpaired) electrons. The second-order valence-electron chi connectivity index (χ2n) is 10.8. The first kappa shape index (κ1) is 30.2. The Kier molecular flexibility index (Phi) is 10.4. The Labute approximate surface area is 239 Å². The van der Waals surface area contributed by atoms with Gasteiger partial charge in [-0.1, -0.05) is 17.7 Å². The summed E-state index contributed by atoms with van der Waals surface area (Å²) in [5, 5.41) is 20.6. The number of anilines is 1. The first-order valence-corrected chi connectivity index (χ1v) is 14.4. The quantitative estimate of drug-likeness (QED) is 0.259. The van der Waals surface area contributed by atoms with Crippen LogP contribution in [-0.2, 0) is 32.7 Å². The van der Waals surface area contributed by atoms with E-state index < -0.39 is 36.2 Å². The Morgan fingerprint density at radius 2 is 2.12 bits per heavy atom. The number of carboxylic acid groups (broad SMARTS) is 1. The summed E-state index contributed by atoms with van der Waals surface area (Å²) in [6.45, 7) is 3.45. The van der Waals surface area contributed by atoms with Gasteiger partial charge in [0.25, 0.3) is 0 Å². The molecule has 1 aliphatic carbocycles. The lowest BCUT2D eigenvalue weighted by molar-refractivity contribution is -0.143. The van der Waals surface area contributed by atoms with Gasteiger partial charge >= 0.3 is 5.97 Å². The van der Waals surface area contributed by atoms with Crippen LogP contribution in [0.5, 0.6) is 0 Å². The van der Waals surface area contributed by atoms with Crippen LogP contribution in [0.4, 0.5) is 10.2 Å². The van der Waals surface area contributed by atoms with Crippen LogP contribution in [0.1, 0.15) is 55.5 Å². The minimum Gasteiger partial charge on any atom is -0.480 e. The molecule has 0 bridgehead atoms. The molecule has 0 spiro atoms. The number of halogens is 2.